The van der Waals surface area contributed by atoms with Crippen molar-refractivity contribution in [3.05, 3.63) is 63.8 Å². The van der Waals surface area contributed by atoms with E-state index in [0.29, 0.717) is 22.1 Å². The van der Waals surface area contributed by atoms with Gasteiger partial charge in [0.2, 0.25) is 0 Å². The number of rotatable bonds is 7. The molecule has 0 saturated carbocycles. The number of fused-ring (bicyclic) bond motifs is 1. The molecule has 0 fully saturated rings. The molecule has 3 aromatic rings. The van der Waals surface area contributed by atoms with Crippen LogP contribution in [0.4, 0.5) is 4.39 Å². The Hall–Kier alpha value is -3.04. The van der Waals surface area contributed by atoms with Crippen molar-refractivity contribution in [1.29, 1.82) is 0 Å². The first-order valence-electron chi connectivity index (χ1n) is 11.8. The summed E-state index contributed by atoms with van der Waals surface area (Å²) in [4.78, 5) is 25.1. The highest BCUT2D eigenvalue weighted by Gasteiger charge is 2.34. The van der Waals surface area contributed by atoms with Crippen LogP contribution in [-0.2, 0) is 26.2 Å². The van der Waals surface area contributed by atoms with Crippen LogP contribution < -0.4 is 16.8 Å². The average Bonchev–Trinajstić information content (AvgIpc) is 2.75. The molecular formula is C27H34BFN3O4. The van der Waals surface area contributed by atoms with E-state index in [1.807, 2.05) is 48.5 Å². The summed E-state index contributed by atoms with van der Waals surface area (Å²) in [5, 5.41) is 4.70. The number of benzene rings is 2. The Kier molecular flexibility index (Phi) is 7.49. The predicted octanol–water partition coefficient (Wildman–Crippen LogP) is 3.66. The van der Waals surface area contributed by atoms with Crippen molar-refractivity contribution < 1.29 is 18.6 Å². The largest absolute Gasteiger partial charge is 0.461 e. The Morgan fingerprint density at radius 3 is 2.39 bits per heavy atom. The molecule has 2 N–H and O–H groups in total. The van der Waals surface area contributed by atoms with Crippen LogP contribution in [0.15, 0.2) is 41.3 Å². The fourth-order valence-corrected chi connectivity index (χ4v) is 3.43. The van der Waals surface area contributed by atoms with Gasteiger partial charge in [0.15, 0.2) is 0 Å². The van der Waals surface area contributed by atoms with Crippen molar-refractivity contribution in [3.8, 4) is 5.69 Å². The van der Waals surface area contributed by atoms with Crippen molar-refractivity contribution in [2.75, 3.05) is 0 Å². The third-order valence-electron chi connectivity index (χ3n) is 6.57. The summed E-state index contributed by atoms with van der Waals surface area (Å²) >= 11 is 0. The lowest BCUT2D eigenvalue weighted by molar-refractivity contribution is -0.142. The number of hydrogen-bond acceptors (Lipinski definition) is 6. The molecule has 2 aromatic carbocycles. The Balaban J connectivity index is 2.16. The number of esters is 1. The minimum atomic E-state index is -0.729. The van der Waals surface area contributed by atoms with E-state index in [1.165, 1.54) is 26.7 Å². The summed E-state index contributed by atoms with van der Waals surface area (Å²) in [5.74, 6) is -1.10. The molecule has 0 spiro atoms. The summed E-state index contributed by atoms with van der Waals surface area (Å²) in [6, 6.07) is 8.33. The van der Waals surface area contributed by atoms with Crippen molar-refractivity contribution >= 4 is 29.7 Å². The van der Waals surface area contributed by atoms with Gasteiger partial charge in [0.1, 0.15) is 12.4 Å². The highest BCUT2D eigenvalue weighted by Crippen LogP contribution is 2.27. The van der Waals surface area contributed by atoms with Gasteiger partial charge in [-0.05, 0) is 62.3 Å². The van der Waals surface area contributed by atoms with Crippen molar-refractivity contribution in [2.24, 2.45) is 5.73 Å². The van der Waals surface area contributed by atoms with Gasteiger partial charge in [-0.2, -0.15) is 9.78 Å². The normalized spacial score (nSPS) is 12.6. The molecule has 0 bridgehead atoms. The lowest BCUT2D eigenvalue weighted by Crippen LogP contribution is -2.55. The minimum Gasteiger partial charge on any atom is -0.461 e. The molecule has 1 radical (unpaired) electrons. The van der Waals surface area contributed by atoms with Crippen LogP contribution in [0, 0.1) is 5.82 Å². The van der Waals surface area contributed by atoms with Crippen molar-refractivity contribution in [1.82, 2.24) is 9.78 Å². The highest BCUT2D eigenvalue weighted by atomic mass is 19.1. The maximum absolute atomic E-state index is 15.2. The van der Waals surface area contributed by atoms with Gasteiger partial charge in [0.05, 0.1) is 22.9 Å². The topological polar surface area (TPSA) is 96.4 Å². The first-order chi connectivity index (χ1) is 16.5. The fourth-order valence-electron chi connectivity index (χ4n) is 3.43. The summed E-state index contributed by atoms with van der Waals surface area (Å²) in [6.45, 7) is 14.5. The van der Waals surface area contributed by atoms with Crippen molar-refractivity contribution in [3.63, 3.8) is 0 Å². The lowest BCUT2D eigenvalue weighted by Gasteiger charge is -2.39. The van der Waals surface area contributed by atoms with E-state index in [2.05, 4.69) is 5.10 Å². The molecular weight excluding hydrogens is 460 g/mol. The number of ether oxygens (including phenoxy) is 1. The lowest BCUT2D eigenvalue weighted by atomic mass is 9.79. The molecule has 1 aromatic heterocycles. The average molecular weight is 494 g/mol. The zero-order valence-electron chi connectivity index (χ0n) is 22.2. The van der Waals surface area contributed by atoms with Crippen LogP contribution in [0.2, 0.25) is 0 Å². The van der Waals surface area contributed by atoms with Gasteiger partial charge in [-0.15, -0.1) is 0 Å². The number of nitrogens with two attached hydrogens (primary N) is 1. The van der Waals surface area contributed by atoms with E-state index in [0.717, 1.165) is 10.2 Å². The van der Waals surface area contributed by atoms with Gasteiger partial charge < -0.3 is 15.1 Å². The zero-order chi connectivity index (χ0) is 27.1. The van der Waals surface area contributed by atoms with Gasteiger partial charge in [0.25, 0.3) is 5.56 Å². The summed E-state index contributed by atoms with van der Waals surface area (Å²) < 4.78 is 27.6. The third-order valence-corrected chi connectivity index (χ3v) is 6.57. The van der Waals surface area contributed by atoms with E-state index in [1.54, 1.807) is 24.3 Å². The van der Waals surface area contributed by atoms with Crippen LogP contribution in [0.1, 0.15) is 66.5 Å². The van der Waals surface area contributed by atoms with E-state index >= 15 is 4.39 Å². The van der Waals surface area contributed by atoms with Crippen LogP contribution in [-0.4, -0.2) is 34.4 Å². The predicted molar refractivity (Wildman–Crippen MR) is 140 cm³/mol. The van der Waals surface area contributed by atoms with Crippen LogP contribution in [0.5, 0.6) is 0 Å². The monoisotopic (exact) mass is 494 g/mol. The Bertz CT molecular complexity index is 1350. The van der Waals surface area contributed by atoms with Gasteiger partial charge in [-0.3, -0.25) is 9.59 Å². The fraction of sp³-hybridized carbons (Fsp3) is 0.444. The van der Waals surface area contributed by atoms with Gasteiger partial charge in [0, 0.05) is 23.4 Å². The highest BCUT2D eigenvalue weighted by molar-refractivity contribution is 6.48. The maximum Gasteiger partial charge on any atom is 0.331 e. The number of hydrogen-bond donors (Lipinski definition) is 1. The second kappa shape index (κ2) is 9.79. The molecule has 0 atom stereocenters. The molecule has 0 aliphatic heterocycles. The van der Waals surface area contributed by atoms with Crippen LogP contribution >= 0.6 is 0 Å². The Morgan fingerprint density at radius 1 is 1.14 bits per heavy atom. The standard InChI is InChI=1S/C27H34BFN3O4/c1-16(33)35-15-19-20(28-36-27(7,8)26(5,6)30)10-9-11-22(19)32-24(34)23-17(14-31-32)12-18(13-21(23)29)25(2,3)4/h9-14H,15,30H2,1-8H3. The molecule has 7 nitrogen and oxygen atoms in total. The molecule has 191 valence electrons. The van der Waals surface area contributed by atoms with Gasteiger partial charge in [-0.25, -0.2) is 4.39 Å². The van der Waals surface area contributed by atoms with Gasteiger partial charge >= 0.3 is 13.5 Å². The van der Waals surface area contributed by atoms with E-state index in [4.69, 9.17) is 15.1 Å². The van der Waals surface area contributed by atoms with Gasteiger partial charge in [-0.1, -0.05) is 32.9 Å². The van der Waals surface area contributed by atoms with Crippen molar-refractivity contribution in [2.45, 2.75) is 78.6 Å². The third kappa shape index (κ3) is 5.68. The quantitative estimate of drug-likeness (QED) is 0.398. The molecule has 3 rings (SSSR count). The molecule has 0 aliphatic rings. The maximum atomic E-state index is 15.2. The van der Waals surface area contributed by atoms with Crippen LogP contribution in [0.25, 0.3) is 16.5 Å². The molecule has 0 unspecified atom stereocenters. The molecule has 0 aliphatic carbocycles. The summed E-state index contributed by atoms with van der Waals surface area (Å²) in [6.07, 6.45) is 1.47. The summed E-state index contributed by atoms with van der Waals surface area (Å²) in [5.41, 5.74) is 6.13. The number of halogens is 1. The molecule has 0 amide bonds. The Morgan fingerprint density at radius 2 is 1.81 bits per heavy atom. The first-order valence-corrected chi connectivity index (χ1v) is 11.8. The molecule has 1 heterocycles. The summed E-state index contributed by atoms with van der Waals surface area (Å²) in [7, 11) is 1.53. The number of aromatic nitrogens is 2. The van der Waals surface area contributed by atoms with E-state index in [9.17, 15) is 9.59 Å². The van der Waals surface area contributed by atoms with E-state index in [-0.39, 0.29) is 17.4 Å². The Labute approximate surface area is 212 Å². The molecule has 9 heteroatoms. The SMILES string of the molecule is CC(=O)OCc1c([B]OC(C)(C)C(C)(C)N)cccc1-n1ncc2cc(C(C)(C)C)cc(F)c2c1=O. The number of carbonyl (C=O) groups is 1. The number of nitrogens with zero attached hydrogens (tertiary/aromatic N) is 2. The second-order valence-electron chi connectivity index (χ2n) is 11.1. The van der Waals surface area contributed by atoms with Crippen LogP contribution in [0.3, 0.4) is 0 Å². The minimum absolute atomic E-state index is 0.0620. The number of carbonyl (C=O) groups excluding carboxylic acids is 1. The molecule has 36 heavy (non-hydrogen) atoms. The first kappa shape index (κ1) is 27.6. The zero-order valence-corrected chi connectivity index (χ0v) is 22.2. The smallest absolute Gasteiger partial charge is 0.331 e. The molecule has 0 saturated heterocycles. The van der Waals surface area contributed by atoms with E-state index < -0.39 is 28.5 Å². The second-order valence-corrected chi connectivity index (χ2v) is 11.1.